The van der Waals surface area contributed by atoms with Gasteiger partial charge in [0.2, 0.25) is 0 Å². The Labute approximate surface area is 465 Å². The minimum Gasteiger partial charge on any atom is -0.462 e. The zero-order valence-corrected chi connectivity index (χ0v) is 48.1. The summed E-state index contributed by atoms with van der Waals surface area (Å²) < 4.78 is 57.4. The van der Waals surface area contributed by atoms with Crippen LogP contribution in [-0.2, 0) is 95.3 Å². The number of cyclic esters (lactones) is 1. The van der Waals surface area contributed by atoms with E-state index in [2.05, 4.69) is 0 Å². The predicted octanol–water partition coefficient (Wildman–Crippen LogP) is 8.63. The van der Waals surface area contributed by atoms with E-state index in [1.54, 1.807) is 85.9 Å². The number of esters is 10. The fourth-order valence-electron chi connectivity index (χ4n) is 8.83. The van der Waals surface area contributed by atoms with Gasteiger partial charge in [-0.05, 0) is 12.0 Å². The minimum absolute atomic E-state index is 0.0956. The summed E-state index contributed by atoms with van der Waals surface area (Å²) >= 11 is 0. The van der Waals surface area contributed by atoms with E-state index in [1.807, 2.05) is 20.8 Å². The van der Waals surface area contributed by atoms with Crippen molar-refractivity contribution >= 4 is 59.7 Å². The maximum atomic E-state index is 13.1. The summed E-state index contributed by atoms with van der Waals surface area (Å²) in [5.74, 6) is -8.20. The molecule has 1 rings (SSSR count). The van der Waals surface area contributed by atoms with Gasteiger partial charge in [0.05, 0.1) is 0 Å². The lowest BCUT2D eigenvalue weighted by molar-refractivity contribution is -0.165. The van der Waals surface area contributed by atoms with Crippen LogP contribution in [0.5, 0.6) is 0 Å². The first-order valence-electron chi connectivity index (χ1n) is 26.6. The molecule has 20 heteroatoms. The number of carbonyl (C=O) groups is 10. The Morgan fingerprint density at radius 2 is 0.772 bits per heavy atom. The normalized spacial score (nSPS) is 29.7. The molecular weight excluding hydrogens is 1030 g/mol. The molecule has 20 nitrogen and oxygen atoms in total. The first-order valence-corrected chi connectivity index (χ1v) is 26.6. The summed E-state index contributed by atoms with van der Waals surface area (Å²) in [6, 6.07) is 0. The molecule has 0 aromatic heterocycles. The van der Waals surface area contributed by atoms with Crippen LogP contribution < -0.4 is 0 Å². The van der Waals surface area contributed by atoms with Gasteiger partial charge in [0.15, 0.2) is 0 Å². The van der Waals surface area contributed by atoms with Gasteiger partial charge in [0, 0.05) is 132 Å². The Morgan fingerprint density at radius 1 is 0.443 bits per heavy atom. The van der Waals surface area contributed by atoms with Gasteiger partial charge in [-0.1, -0.05) is 107 Å². The van der Waals surface area contributed by atoms with E-state index in [1.165, 1.54) is 33.8 Å². The predicted molar refractivity (Wildman–Crippen MR) is 289 cm³/mol. The lowest BCUT2D eigenvalue weighted by atomic mass is 9.89. The lowest BCUT2D eigenvalue weighted by Crippen LogP contribution is -2.40. The van der Waals surface area contributed by atoms with Gasteiger partial charge in [-0.15, -0.1) is 0 Å². The molecule has 0 aromatic rings. The van der Waals surface area contributed by atoms with Crippen LogP contribution in [0.4, 0.5) is 0 Å². The molecule has 0 unspecified atom stereocenters. The van der Waals surface area contributed by atoms with Crippen molar-refractivity contribution in [1.29, 1.82) is 0 Å². The maximum Gasteiger partial charge on any atom is 0.331 e. The highest BCUT2D eigenvalue weighted by Crippen LogP contribution is 2.30. The molecule has 0 aromatic carbocycles. The lowest BCUT2D eigenvalue weighted by Gasteiger charge is -2.33. The van der Waals surface area contributed by atoms with Crippen LogP contribution >= 0.6 is 0 Å². The van der Waals surface area contributed by atoms with Crippen LogP contribution in [0.1, 0.15) is 148 Å². The summed E-state index contributed by atoms with van der Waals surface area (Å²) in [6.07, 6.45) is 12.7. The van der Waals surface area contributed by atoms with E-state index >= 15 is 0 Å². The van der Waals surface area contributed by atoms with Crippen LogP contribution in [0.2, 0.25) is 0 Å². The Kier molecular flexibility index (Phi) is 34.0. The van der Waals surface area contributed by atoms with Crippen LogP contribution in [0.15, 0.2) is 85.1 Å². The van der Waals surface area contributed by atoms with Gasteiger partial charge in [0.25, 0.3) is 0 Å². The summed E-state index contributed by atoms with van der Waals surface area (Å²) in [6.45, 7) is 17.9. The Balaban J connectivity index is 4.09. The molecule has 0 saturated heterocycles. The number of rotatable bonds is 11. The highest BCUT2D eigenvalue weighted by molar-refractivity contribution is 5.82. The standard InChI is InChI=1S/C59H84O20/c1-14-37(2)59-38(3)28-29-49(70-40(5)60)30-50(71-41(6)61)31-51(72-42(7)62)32-52(73-43(8)63)33-53(74-44(9)64)34-54(75-45(10)65)35-55(76-46(11)66)36-57(78-48(13)68)39(4)56(77-47(12)67)26-24-22-20-18-16-15-17-19-21-23-25-27-58(69)79-59/h15-25,27-29,37-39,49-57,59H,14,26,30-36H2,1-13H3/b16-15+,19-17+,20-18+,23-21+,24-22+,27-25+,29-28+/t37-,38-,39-,49-,50-,51-,52+,53-,54+,55+,56-,57+,59-/m0/s1. The van der Waals surface area contributed by atoms with E-state index in [0.29, 0.717) is 6.42 Å². The zero-order chi connectivity index (χ0) is 59.6. The van der Waals surface area contributed by atoms with Crippen molar-refractivity contribution in [3.05, 3.63) is 85.1 Å². The zero-order valence-electron chi connectivity index (χ0n) is 48.1. The number of ether oxygens (including phenoxy) is 10. The third-order valence-electron chi connectivity index (χ3n) is 12.1. The molecule has 1 heterocycles. The van der Waals surface area contributed by atoms with Crippen molar-refractivity contribution in [3.63, 3.8) is 0 Å². The molecule has 0 amide bonds. The van der Waals surface area contributed by atoms with Gasteiger partial charge < -0.3 is 47.4 Å². The second kappa shape index (κ2) is 38.4. The van der Waals surface area contributed by atoms with Crippen LogP contribution in [0, 0.1) is 17.8 Å². The van der Waals surface area contributed by atoms with Gasteiger partial charge in [-0.3, -0.25) is 43.2 Å². The third kappa shape index (κ3) is 33.7. The van der Waals surface area contributed by atoms with Gasteiger partial charge in [-0.25, -0.2) is 4.79 Å². The van der Waals surface area contributed by atoms with Crippen LogP contribution in [-0.4, -0.2) is 121 Å². The number of allylic oxidation sites excluding steroid dienone is 10. The topological polar surface area (TPSA) is 263 Å². The molecule has 13 atom stereocenters. The van der Waals surface area contributed by atoms with Gasteiger partial charge in [0.1, 0.15) is 61.0 Å². The highest BCUT2D eigenvalue weighted by Gasteiger charge is 2.37. The maximum absolute atomic E-state index is 13.1. The average Bonchev–Trinajstić information content (AvgIpc) is 3.30. The van der Waals surface area contributed by atoms with Crippen LogP contribution in [0.25, 0.3) is 0 Å². The molecule has 0 N–H and O–H groups in total. The quantitative estimate of drug-likeness (QED) is 0.106. The SMILES string of the molecule is CC[C@H](C)[C@@H]1OC(=O)/C=C/C=C/C=C/C=C/C=C/C=C/C[C@H](OC(C)=O)[C@H](C)[C@H](OC(C)=O)C[C@H](OC(C)=O)C[C@H](OC(C)=O)C[C@@H](OC(C)=O)C[C@H](OC(C)=O)C[C@@H](OC(C)=O)C[C@@H](OC(C)=O)C[C@@H](OC(C)=O)/C=C/[C@@H]1C. The molecule has 0 saturated carbocycles. The number of hydrogen-bond donors (Lipinski definition) is 0. The molecule has 0 aliphatic carbocycles. The van der Waals surface area contributed by atoms with E-state index in [9.17, 15) is 47.9 Å². The molecule has 440 valence electrons. The average molecular weight is 1110 g/mol. The van der Waals surface area contributed by atoms with Gasteiger partial charge >= 0.3 is 59.7 Å². The molecule has 1 aliphatic heterocycles. The highest BCUT2D eigenvalue weighted by atomic mass is 16.6. The molecular formula is C59H84O20. The third-order valence-corrected chi connectivity index (χ3v) is 12.1. The largest absolute Gasteiger partial charge is 0.462 e. The Morgan fingerprint density at radius 3 is 1.14 bits per heavy atom. The summed E-state index contributed by atoms with van der Waals surface area (Å²) in [4.78, 5) is 127. The van der Waals surface area contributed by atoms with Crippen molar-refractivity contribution in [1.82, 2.24) is 0 Å². The smallest absolute Gasteiger partial charge is 0.331 e. The van der Waals surface area contributed by atoms with Gasteiger partial charge in [-0.2, -0.15) is 0 Å². The second-order valence-electron chi connectivity index (χ2n) is 19.4. The van der Waals surface area contributed by atoms with Crippen molar-refractivity contribution in [2.24, 2.45) is 17.8 Å². The van der Waals surface area contributed by atoms with Crippen LogP contribution in [0.3, 0.4) is 0 Å². The summed E-state index contributed by atoms with van der Waals surface area (Å²) in [7, 11) is 0. The van der Waals surface area contributed by atoms with Crippen molar-refractivity contribution in [2.75, 3.05) is 0 Å². The summed E-state index contributed by atoms with van der Waals surface area (Å²) in [5, 5.41) is 0. The first-order chi connectivity index (χ1) is 37.2. The van der Waals surface area contributed by atoms with Crippen molar-refractivity contribution in [3.8, 4) is 0 Å². The van der Waals surface area contributed by atoms with E-state index in [-0.39, 0.29) is 57.3 Å². The molecule has 0 radical (unpaired) electrons. The first kappa shape index (κ1) is 69.9. The molecule has 0 spiro atoms. The molecule has 0 bridgehead atoms. The van der Waals surface area contributed by atoms with E-state index in [0.717, 1.165) is 34.6 Å². The van der Waals surface area contributed by atoms with Crippen molar-refractivity contribution in [2.45, 2.75) is 209 Å². The number of carbonyl (C=O) groups excluding carboxylic acids is 10. The molecule has 0 fully saturated rings. The number of hydrogen-bond acceptors (Lipinski definition) is 20. The Bertz CT molecular complexity index is 2220. The van der Waals surface area contributed by atoms with Crippen molar-refractivity contribution < 1.29 is 95.3 Å². The summed E-state index contributed by atoms with van der Waals surface area (Å²) in [5.41, 5.74) is 0. The molecule has 1 aliphatic rings. The van der Waals surface area contributed by atoms with E-state index in [4.69, 9.17) is 47.4 Å². The monoisotopic (exact) mass is 1110 g/mol. The fraction of sp³-hybridized carbons (Fsp3) is 0.593. The minimum atomic E-state index is -1.18. The second-order valence-corrected chi connectivity index (χ2v) is 19.4. The fourth-order valence-corrected chi connectivity index (χ4v) is 8.83. The van der Waals surface area contributed by atoms with E-state index < -0.39 is 133 Å². The molecule has 79 heavy (non-hydrogen) atoms. The Hall–Kier alpha value is -7.12.